The van der Waals surface area contributed by atoms with E-state index in [4.69, 9.17) is 0 Å². The number of anilines is 1. The molecule has 1 N–H and O–H groups in total. The fourth-order valence-corrected chi connectivity index (χ4v) is 4.50. The Morgan fingerprint density at radius 1 is 1.14 bits per heavy atom. The van der Waals surface area contributed by atoms with Gasteiger partial charge < -0.3 is 15.1 Å². The predicted molar refractivity (Wildman–Crippen MR) is 111 cm³/mol. The minimum absolute atomic E-state index is 0.0931. The number of carbonyl (C=O) groups excluding carboxylic acids is 2. The molecule has 2 aromatic rings. The van der Waals surface area contributed by atoms with Gasteiger partial charge >= 0.3 is 0 Å². The number of fused-ring (bicyclic) bond motifs is 3. The molecule has 0 aliphatic carbocycles. The highest BCUT2D eigenvalue weighted by Crippen LogP contribution is 2.45. The van der Waals surface area contributed by atoms with E-state index in [9.17, 15) is 9.59 Å². The Morgan fingerprint density at radius 2 is 1.93 bits per heavy atom. The van der Waals surface area contributed by atoms with Crippen LogP contribution in [0.15, 0.2) is 48.5 Å². The van der Waals surface area contributed by atoms with E-state index in [0.717, 1.165) is 25.2 Å². The largest absolute Gasteiger partial charge is 0.352 e. The molecule has 2 atom stereocenters. The number of hydrogen-bond acceptors (Lipinski definition) is 3. The van der Waals surface area contributed by atoms with Gasteiger partial charge in [-0.2, -0.15) is 0 Å². The molecule has 1 fully saturated rings. The number of likely N-dealkylation sites (tertiary alicyclic amines) is 1. The third-order valence-electron chi connectivity index (χ3n) is 5.88. The van der Waals surface area contributed by atoms with E-state index in [2.05, 4.69) is 42.4 Å². The molecule has 4 rings (SSSR count). The number of rotatable bonds is 4. The van der Waals surface area contributed by atoms with Crippen molar-refractivity contribution in [1.29, 1.82) is 0 Å². The average molecular weight is 377 g/mol. The highest BCUT2D eigenvalue weighted by Gasteiger charge is 2.43. The highest BCUT2D eigenvalue weighted by molar-refractivity contribution is 5.98. The van der Waals surface area contributed by atoms with Crippen LogP contribution in [0, 0.1) is 6.92 Å². The number of nitrogens with one attached hydrogen (secondary N) is 1. The van der Waals surface area contributed by atoms with E-state index in [1.807, 2.05) is 23.1 Å². The first-order valence-electron chi connectivity index (χ1n) is 9.99. The lowest BCUT2D eigenvalue weighted by molar-refractivity contribution is -0.119. The molecule has 2 aliphatic rings. The molecule has 28 heavy (non-hydrogen) atoms. The van der Waals surface area contributed by atoms with Gasteiger partial charge in [-0.3, -0.25) is 9.59 Å². The normalized spacial score (nSPS) is 21.1. The Bertz CT molecular complexity index is 881. The Kier molecular flexibility index (Phi) is 5.18. The van der Waals surface area contributed by atoms with E-state index in [0.29, 0.717) is 24.4 Å². The molecule has 5 nitrogen and oxygen atoms in total. The number of amides is 2. The maximum atomic E-state index is 13.1. The maximum Gasteiger partial charge on any atom is 0.251 e. The molecular weight excluding hydrogens is 350 g/mol. The van der Waals surface area contributed by atoms with Gasteiger partial charge in [-0.25, -0.2) is 0 Å². The van der Waals surface area contributed by atoms with Crippen molar-refractivity contribution in [3.05, 3.63) is 65.2 Å². The number of benzene rings is 2. The molecule has 0 saturated carbocycles. The number of nitrogens with zero attached hydrogens (tertiary/aromatic N) is 2. The third kappa shape index (κ3) is 3.54. The minimum Gasteiger partial charge on any atom is -0.352 e. The summed E-state index contributed by atoms with van der Waals surface area (Å²) in [4.78, 5) is 29.7. The molecule has 0 bridgehead atoms. The van der Waals surface area contributed by atoms with Crippen LogP contribution in [-0.2, 0) is 4.79 Å². The Balaban J connectivity index is 1.46. The summed E-state index contributed by atoms with van der Waals surface area (Å²) in [6.07, 6.45) is 1.29. The molecule has 2 aliphatic heterocycles. The fourth-order valence-electron chi connectivity index (χ4n) is 4.50. The maximum absolute atomic E-state index is 13.1. The quantitative estimate of drug-likeness (QED) is 0.891. The zero-order chi connectivity index (χ0) is 19.7. The van der Waals surface area contributed by atoms with Crippen LogP contribution in [-0.4, -0.2) is 49.4 Å². The second kappa shape index (κ2) is 7.76. The zero-order valence-corrected chi connectivity index (χ0v) is 16.5. The number of piperidine rings is 1. The summed E-state index contributed by atoms with van der Waals surface area (Å²) < 4.78 is 0. The van der Waals surface area contributed by atoms with Crippen molar-refractivity contribution in [2.24, 2.45) is 0 Å². The second-order valence-electron chi connectivity index (χ2n) is 7.92. The molecule has 0 spiro atoms. The van der Waals surface area contributed by atoms with Crippen molar-refractivity contribution >= 4 is 17.5 Å². The monoisotopic (exact) mass is 377 g/mol. The van der Waals surface area contributed by atoms with Gasteiger partial charge in [0.15, 0.2) is 0 Å². The van der Waals surface area contributed by atoms with Crippen LogP contribution in [0.1, 0.15) is 40.2 Å². The van der Waals surface area contributed by atoms with E-state index in [-0.39, 0.29) is 17.9 Å². The van der Waals surface area contributed by atoms with Gasteiger partial charge in [0, 0.05) is 42.7 Å². The van der Waals surface area contributed by atoms with Crippen molar-refractivity contribution < 1.29 is 9.59 Å². The lowest BCUT2D eigenvalue weighted by Crippen LogP contribution is -2.47. The van der Waals surface area contributed by atoms with Crippen molar-refractivity contribution in [2.45, 2.75) is 31.7 Å². The Labute approximate surface area is 166 Å². The molecule has 1 saturated heterocycles. The van der Waals surface area contributed by atoms with Crippen LogP contribution in [0.5, 0.6) is 0 Å². The summed E-state index contributed by atoms with van der Waals surface area (Å²) in [5.41, 5.74) is 4.19. The number of carbonyl (C=O) groups is 2. The Morgan fingerprint density at radius 3 is 2.71 bits per heavy atom. The molecule has 0 aromatic heterocycles. The number of hydrogen-bond donors (Lipinski definition) is 1. The molecular formula is C23H27N3O2. The number of likely N-dealkylation sites (N-methyl/N-ethyl adjacent to an activating group) is 1. The van der Waals surface area contributed by atoms with E-state index in [1.54, 1.807) is 12.1 Å². The average Bonchev–Trinajstić information content (AvgIpc) is 3.01. The van der Waals surface area contributed by atoms with Gasteiger partial charge in [0.1, 0.15) is 0 Å². The number of aryl methyl sites for hydroxylation is 1. The summed E-state index contributed by atoms with van der Waals surface area (Å²) in [7, 11) is 2.15. The topological polar surface area (TPSA) is 52.6 Å². The summed E-state index contributed by atoms with van der Waals surface area (Å²) in [6.45, 7) is 4.44. The van der Waals surface area contributed by atoms with E-state index >= 15 is 0 Å². The fraction of sp³-hybridized carbons (Fsp3) is 0.391. The summed E-state index contributed by atoms with van der Waals surface area (Å²) in [5.74, 6) is 0.329. The standard InChI is InChI=1S/C23H27N3O2/c1-16-8-9-20-18(14-16)19-15-25(2)13-11-21(19)26(20)22(27)10-12-24-23(28)17-6-4-3-5-7-17/h3-9,14,19,21H,10-13,15H2,1-2H3,(H,24,28)/t19-,21-/m0/s1. The SMILES string of the molecule is Cc1ccc2c(c1)[C@@H]1CN(C)CC[C@@H]1N2C(=O)CCNC(=O)c1ccccc1. The first-order chi connectivity index (χ1) is 13.5. The van der Waals surface area contributed by atoms with Gasteiger partial charge in [-0.1, -0.05) is 35.9 Å². The smallest absolute Gasteiger partial charge is 0.251 e. The lowest BCUT2D eigenvalue weighted by atomic mass is 9.89. The van der Waals surface area contributed by atoms with E-state index < -0.39 is 0 Å². The third-order valence-corrected chi connectivity index (χ3v) is 5.88. The lowest BCUT2D eigenvalue weighted by Gasteiger charge is -2.36. The van der Waals surface area contributed by atoms with Crippen molar-refractivity contribution in [3.63, 3.8) is 0 Å². The highest BCUT2D eigenvalue weighted by atomic mass is 16.2. The van der Waals surface area contributed by atoms with Crippen LogP contribution in [0.2, 0.25) is 0 Å². The van der Waals surface area contributed by atoms with E-state index in [1.165, 1.54) is 11.1 Å². The predicted octanol–water partition coefficient (Wildman–Crippen LogP) is 2.95. The molecule has 5 heteroatoms. The first-order valence-corrected chi connectivity index (χ1v) is 9.99. The second-order valence-corrected chi connectivity index (χ2v) is 7.92. The first kappa shape index (κ1) is 18.7. The van der Waals surface area contributed by atoms with Gasteiger partial charge in [0.05, 0.1) is 0 Å². The minimum atomic E-state index is -0.136. The van der Waals surface area contributed by atoms with Crippen LogP contribution in [0.3, 0.4) is 0 Å². The van der Waals surface area contributed by atoms with Crippen LogP contribution in [0.4, 0.5) is 5.69 Å². The molecule has 2 aromatic carbocycles. The van der Waals surface area contributed by atoms with Crippen molar-refractivity contribution in [1.82, 2.24) is 10.2 Å². The molecule has 0 unspecified atom stereocenters. The van der Waals surface area contributed by atoms with Crippen LogP contribution in [0.25, 0.3) is 0 Å². The van der Waals surface area contributed by atoms with Gasteiger partial charge in [-0.15, -0.1) is 0 Å². The molecule has 2 amide bonds. The van der Waals surface area contributed by atoms with Gasteiger partial charge in [0.25, 0.3) is 5.91 Å². The van der Waals surface area contributed by atoms with Gasteiger partial charge in [-0.05, 0) is 50.7 Å². The molecule has 146 valence electrons. The Hall–Kier alpha value is -2.66. The molecule has 2 heterocycles. The summed E-state index contributed by atoms with van der Waals surface area (Å²) in [5, 5.41) is 2.87. The summed E-state index contributed by atoms with van der Waals surface area (Å²) in [6, 6.07) is 15.7. The summed E-state index contributed by atoms with van der Waals surface area (Å²) >= 11 is 0. The van der Waals surface area contributed by atoms with Crippen molar-refractivity contribution in [2.75, 3.05) is 31.6 Å². The molecule has 0 radical (unpaired) electrons. The zero-order valence-electron chi connectivity index (χ0n) is 16.5. The van der Waals surface area contributed by atoms with Crippen LogP contribution < -0.4 is 10.2 Å². The van der Waals surface area contributed by atoms with Crippen LogP contribution >= 0.6 is 0 Å². The van der Waals surface area contributed by atoms with Crippen molar-refractivity contribution in [3.8, 4) is 0 Å². The van der Waals surface area contributed by atoms with Gasteiger partial charge in [0.2, 0.25) is 5.91 Å².